The van der Waals surface area contributed by atoms with Crippen LogP contribution in [0.5, 0.6) is 0 Å². The van der Waals surface area contributed by atoms with Crippen molar-refractivity contribution in [3.05, 3.63) is 17.5 Å². The number of hydrogen-bond donors (Lipinski definition) is 3. The summed E-state index contributed by atoms with van der Waals surface area (Å²) in [5.74, 6) is -1.41. The molecule has 0 radical (unpaired) electrons. The molecule has 1 atom stereocenters. The lowest BCUT2D eigenvalue weighted by Gasteiger charge is -2.15. The quantitative estimate of drug-likeness (QED) is 0.746. The average molecular weight is 265 g/mol. The summed E-state index contributed by atoms with van der Waals surface area (Å²) in [6, 6.07) is 0. The molecule has 0 aliphatic rings. The standard InChI is InChI=1S/C9H10F3N3O3/c1-4-5(7(17)18)2-13-8(15-4)14-3-6(16)9(10,11)12/h2,6,16H,3H2,1H3,(H,17,18)(H,13,14,15). The van der Waals surface area contributed by atoms with Gasteiger partial charge in [-0.25, -0.2) is 14.8 Å². The number of rotatable bonds is 4. The highest BCUT2D eigenvalue weighted by Gasteiger charge is 2.37. The van der Waals surface area contributed by atoms with Crippen molar-refractivity contribution in [1.82, 2.24) is 9.97 Å². The third-order valence-electron chi connectivity index (χ3n) is 2.04. The maximum absolute atomic E-state index is 12.0. The van der Waals surface area contributed by atoms with Crippen molar-refractivity contribution < 1.29 is 28.2 Å². The lowest BCUT2D eigenvalue weighted by Crippen LogP contribution is -2.35. The van der Waals surface area contributed by atoms with Gasteiger partial charge in [-0.15, -0.1) is 0 Å². The van der Waals surface area contributed by atoms with E-state index in [9.17, 15) is 18.0 Å². The predicted molar refractivity (Wildman–Crippen MR) is 54.3 cm³/mol. The SMILES string of the molecule is Cc1nc(NCC(O)C(F)(F)F)ncc1C(=O)O. The Bertz CT molecular complexity index is 450. The van der Waals surface area contributed by atoms with Gasteiger partial charge in [-0.3, -0.25) is 0 Å². The van der Waals surface area contributed by atoms with Gasteiger partial charge in [0.05, 0.1) is 17.8 Å². The van der Waals surface area contributed by atoms with Crippen molar-refractivity contribution >= 4 is 11.9 Å². The highest BCUT2D eigenvalue weighted by Crippen LogP contribution is 2.20. The third-order valence-corrected chi connectivity index (χ3v) is 2.04. The molecule has 0 aliphatic heterocycles. The second-order valence-electron chi connectivity index (χ2n) is 3.44. The average Bonchev–Trinajstić information content (AvgIpc) is 2.24. The van der Waals surface area contributed by atoms with Crippen LogP contribution < -0.4 is 5.32 Å². The molecule has 0 saturated carbocycles. The van der Waals surface area contributed by atoms with E-state index in [-0.39, 0.29) is 17.2 Å². The summed E-state index contributed by atoms with van der Waals surface area (Å²) < 4.78 is 36.0. The van der Waals surface area contributed by atoms with Crippen LogP contribution in [-0.4, -0.2) is 45.0 Å². The Kier molecular flexibility index (Phi) is 4.07. The van der Waals surface area contributed by atoms with Crippen LogP contribution in [0.25, 0.3) is 0 Å². The fraction of sp³-hybridized carbons (Fsp3) is 0.444. The van der Waals surface area contributed by atoms with E-state index >= 15 is 0 Å². The number of carboxylic acid groups (broad SMARTS) is 1. The molecule has 1 rings (SSSR count). The molecule has 1 aromatic rings. The van der Waals surface area contributed by atoms with E-state index in [1.54, 1.807) is 0 Å². The first-order valence-electron chi connectivity index (χ1n) is 4.77. The minimum atomic E-state index is -4.73. The van der Waals surface area contributed by atoms with Crippen molar-refractivity contribution in [3.63, 3.8) is 0 Å². The van der Waals surface area contributed by atoms with E-state index < -0.39 is 24.8 Å². The molecule has 1 unspecified atom stereocenters. The fourth-order valence-corrected chi connectivity index (χ4v) is 1.07. The van der Waals surface area contributed by atoms with Gasteiger partial charge in [-0.1, -0.05) is 0 Å². The molecular formula is C9H10F3N3O3. The number of alkyl halides is 3. The number of nitrogens with one attached hydrogen (secondary N) is 1. The number of aromatic carboxylic acids is 1. The van der Waals surface area contributed by atoms with E-state index in [1.165, 1.54) is 6.92 Å². The fourth-order valence-electron chi connectivity index (χ4n) is 1.07. The monoisotopic (exact) mass is 265 g/mol. The Labute approximate surface area is 99.5 Å². The first kappa shape index (κ1) is 14.2. The van der Waals surface area contributed by atoms with E-state index in [2.05, 4.69) is 15.3 Å². The van der Waals surface area contributed by atoms with Gasteiger partial charge in [-0.2, -0.15) is 13.2 Å². The van der Waals surface area contributed by atoms with Crippen LogP contribution >= 0.6 is 0 Å². The highest BCUT2D eigenvalue weighted by atomic mass is 19.4. The number of carboxylic acids is 1. The maximum Gasteiger partial charge on any atom is 0.416 e. The largest absolute Gasteiger partial charge is 0.478 e. The molecule has 0 fully saturated rings. The zero-order valence-corrected chi connectivity index (χ0v) is 9.19. The molecule has 1 aromatic heterocycles. The summed E-state index contributed by atoms with van der Waals surface area (Å²) in [6.45, 7) is 0.575. The topological polar surface area (TPSA) is 95.3 Å². The Morgan fingerprint density at radius 2 is 2.17 bits per heavy atom. The molecule has 9 heteroatoms. The number of nitrogens with zero attached hydrogens (tertiary/aromatic N) is 2. The molecule has 0 bridgehead atoms. The minimum absolute atomic E-state index is 0.112. The third kappa shape index (κ3) is 3.55. The van der Waals surface area contributed by atoms with Gasteiger partial charge in [0.25, 0.3) is 0 Å². The molecule has 1 heterocycles. The van der Waals surface area contributed by atoms with E-state index in [0.29, 0.717) is 0 Å². The Morgan fingerprint density at radius 3 is 2.61 bits per heavy atom. The van der Waals surface area contributed by atoms with E-state index in [4.69, 9.17) is 10.2 Å². The van der Waals surface area contributed by atoms with Gasteiger partial charge in [0, 0.05) is 6.20 Å². The summed E-state index contributed by atoms with van der Waals surface area (Å²) in [5, 5.41) is 19.6. The van der Waals surface area contributed by atoms with Crippen molar-refractivity contribution in [2.45, 2.75) is 19.2 Å². The lowest BCUT2D eigenvalue weighted by molar-refractivity contribution is -0.198. The van der Waals surface area contributed by atoms with Crippen LogP contribution in [0.1, 0.15) is 16.1 Å². The van der Waals surface area contributed by atoms with Crippen molar-refractivity contribution in [1.29, 1.82) is 0 Å². The smallest absolute Gasteiger partial charge is 0.416 e. The molecule has 3 N–H and O–H groups in total. The molecule has 0 aromatic carbocycles. The zero-order valence-electron chi connectivity index (χ0n) is 9.19. The summed E-state index contributed by atoms with van der Waals surface area (Å²) in [7, 11) is 0. The number of carbonyl (C=O) groups is 1. The van der Waals surface area contributed by atoms with E-state index in [1.807, 2.05) is 0 Å². The summed E-state index contributed by atoms with van der Waals surface area (Å²) in [4.78, 5) is 17.8. The van der Waals surface area contributed by atoms with Crippen molar-refractivity contribution in [2.24, 2.45) is 0 Å². The molecule has 0 aliphatic carbocycles. The highest BCUT2D eigenvalue weighted by molar-refractivity contribution is 5.88. The van der Waals surface area contributed by atoms with Crippen LogP contribution in [0.3, 0.4) is 0 Å². The molecule has 100 valence electrons. The summed E-state index contributed by atoms with van der Waals surface area (Å²) in [6.07, 6.45) is -6.30. The molecule has 0 spiro atoms. The zero-order chi connectivity index (χ0) is 13.9. The molecule has 18 heavy (non-hydrogen) atoms. The summed E-state index contributed by atoms with van der Waals surface area (Å²) in [5.41, 5.74) is -0.0292. The van der Waals surface area contributed by atoms with Gasteiger partial charge in [0.1, 0.15) is 0 Å². The molecule has 0 amide bonds. The first-order valence-corrected chi connectivity index (χ1v) is 4.77. The van der Waals surface area contributed by atoms with E-state index in [0.717, 1.165) is 6.20 Å². The second-order valence-corrected chi connectivity index (χ2v) is 3.44. The van der Waals surface area contributed by atoms with Gasteiger partial charge in [0.2, 0.25) is 5.95 Å². The number of aliphatic hydroxyl groups is 1. The van der Waals surface area contributed by atoms with Crippen LogP contribution in [0.2, 0.25) is 0 Å². The van der Waals surface area contributed by atoms with Gasteiger partial charge in [-0.05, 0) is 6.92 Å². The van der Waals surface area contributed by atoms with Crippen molar-refractivity contribution in [3.8, 4) is 0 Å². The number of anilines is 1. The predicted octanol–water partition coefficient (Wildman–Crippen LogP) is 0.818. The summed E-state index contributed by atoms with van der Waals surface area (Å²) >= 11 is 0. The van der Waals surface area contributed by atoms with Gasteiger partial charge < -0.3 is 15.5 Å². The van der Waals surface area contributed by atoms with Crippen molar-refractivity contribution in [2.75, 3.05) is 11.9 Å². The Hall–Kier alpha value is -1.90. The van der Waals surface area contributed by atoms with Crippen LogP contribution in [0.4, 0.5) is 19.1 Å². The number of aliphatic hydroxyl groups excluding tert-OH is 1. The first-order chi connectivity index (χ1) is 8.21. The maximum atomic E-state index is 12.0. The van der Waals surface area contributed by atoms with Gasteiger partial charge in [0.15, 0.2) is 6.10 Å². The van der Waals surface area contributed by atoms with Gasteiger partial charge >= 0.3 is 12.1 Å². The number of hydrogen-bond acceptors (Lipinski definition) is 5. The lowest BCUT2D eigenvalue weighted by atomic mass is 10.2. The number of aromatic nitrogens is 2. The normalized spacial score (nSPS) is 13.2. The van der Waals surface area contributed by atoms with Crippen LogP contribution in [-0.2, 0) is 0 Å². The number of halogens is 3. The minimum Gasteiger partial charge on any atom is -0.478 e. The second kappa shape index (κ2) is 5.17. The Balaban J connectivity index is 2.70. The molecular weight excluding hydrogens is 255 g/mol. The van der Waals surface area contributed by atoms with Crippen LogP contribution in [0, 0.1) is 6.92 Å². The molecule has 0 saturated heterocycles. The van der Waals surface area contributed by atoms with Crippen LogP contribution in [0.15, 0.2) is 6.20 Å². The Morgan fingerprint density at radius 1 is 1.56 bits per heavy atom. The molecule has 6 nitrogen and oxygen atoms in total. The number of aryl methyl sites for hydroxylation is 1.